The van der Waals surface area contributed by atoms with Crippen LogP contribution in [0.25, 0.3) is 0 Å². The average molecular weight is 220 g/mol. The second-order valence-electron chi connectivity index (χ2n) is 3.98. The van der Waals surface area contributed by atoms with Crippen molar-refractivity contribution in [2.45, 2.75) is 12.8 Å². The van der Waals surface area contributed by atoms with E-state index in [-0.39, 0.29) is 11.7 Å². The second kappa shape index (κ2) is 5.12. The first-order valence-electron chi connectivity index (χ1n) is 5.58. The van der Waals surface area contributed by atoms with Gasteiger partial charge in [-0.2, -0.15) is 0 Å². The lowest BCUT2D eigenvalue weighted by Gasteiger charge is -2.21. The highest BCUT2D eigenvalue weighted by Gasteiger charge is 2.24. The van der Waals surface area contributed by atoms with E-state index >= 15 is 0 Å². The quantitative estimate of drug-likeness (QED) is 0.733. The van der Waals surface area contributed by atoms with Crippen LogP contribution < -0.4 is 4.74 Å². The fourth-order valence-corrected chi connectivity index (χ4v) is 2.02. The Morgan fingerprint density at radius 3 is 2.94 bits per heavy atom. The Morgan fingerprint density at radius 2 is 2.25 bits per heavy atom. The molecule has 1 aliphatic rings. The van der Waals surface area contributed by atoms with Crippen LogP contribution >= 0.6 is 0 Å². The lowest BCUT2D eigenvalue weighted by molar-refractivity contribution is 0.0459. The minimum Gasteiger partial charge on any atom is -0.496 e. The van der Waals surface area contributed by atoms with Gasteiger partial charge in [0.1, 0.15) is 5.75 Å². The number of para-hydroxylation sites is 1. The van der Waals surface area contributed by atoms with Crippen LogP contribution in [0.1, 0.15) is 23.2 Å². The zero-order chi connectivity index (χ0) is 11.4. The molecule has 3 heteroatoms. The van der Waals surface area contributed by atoms with Crippen molar-refractivity contribution >= 4 is 5.78 Å². The maximum absolute atomic E-state index is 12.2. The Morgan fingerprint density at radius 1 is 1.44 bits per heavy atom. The molecule has 16 heavy (non-hydrogen) atoms. The first kappa shape index (κ1) is 11.1. The molecule has 0 aliphatic carbocycles. The molecular weight excluding hydrogens is 204 g/mol. The van der Waals surface area contributed by atoms with Crippen molar-refractivity contribution < 1.29 is 14.3 Å². The highest BCUT2D eigenvalue weighted by molar-refractivity contribution is 6.00. The summed E-state index contributed by atoms with van der Waals surface area (Å²) in [6.45, 7) is 1.31. The Kier molecular flexibility index (Phi) is 3.57. The van der Waals surface area contributed by atoms with E-state index in [2.05, 4.69) is 0 Å². The van der Waals surface area contributed by atoms with Crippen molar-refractivity contribution in [2.24, 2.45) is 5.92 Å². The number of carbonyl (C=O) groups is 1. The molecule has 1 heterocycles. The van der Waals surface area contributed by atoms with E-state index in [1.807, 2.05) is 24.3 Å². The highest BCUT2D eigenvalue weighted by atomic mass is 16.5. The average Bonchev–Trinajstić information content (AvgIpc) is 2.39. The molecule has 1 aliphatic heterocycles. The van der Waals surface area contributed by atoms with Gasteiger partial charge in [0, 0.05) is 12.5 Å². The molecule has 0 bridgehead atoms. The summed E-state index contributed by atoms with van der Waals surface area (Å²) >= 11 is 0. The van der Waals surface area contributed by atoms with Crippen LogP contribution in [0.2, 0.25) is 0 Å². The van der Waals surface area contributed by atoms with Crippen LogP contribution in [0, 0.1) is 5.92 Å². The normalized spacial score (nSPS) is 20.4. The minimum absolute atomic E-state index is 0.00921. The van der Waals surface area contributed by atoms with Crippen LogP contribution in [0.4, 0.5) is 0 Å². The molecule has 1 saturated heterocycles. The standard InChI is InChI=1S/C13H16O3/c1-15-12-7-3-2-6-11(12)13(14)10-5-4-8-16-9-10/h2-3,6-7,10H,4-5,8-9H2,1H3. The molecule has 0 radical (unpaired) electrons. The molecule has 1 aromatic rings. The largest absolute Gasteiger partial charge is 0.496 e. The fraction of sp³-hybridized carbons (Fsp3) is 0.462. The van der Waals surface area contributed by atoms with Gasteiger partial charge in [0.25, 0.3) is 0 Å². The smallest absolute Gasteiger partial charge is 0.171 e. The summed E-state index contributed by atoms with van der Waals surface area (Å²) in [5, 5.41) is 0. The maximum Gasteiger partial charge on any atom is 0.171 e. The zero-order valence-electron chi connectivity index (χ0n) is 9.44. The van der Waals surface area contributed by atoms with Gasteiger partial charge >= 0.3 is 0 Å². The topological polar surface area (TPSA) is 35.5 Å². The number of benzene rings is 1. The van der Waals surface area contributed by atoms with E-state index in [1.165, 1.54) is 0 Å². The SMILES string of the molecule is COc1ccccc1C(=O)C1CCCOC1. The summed E-state index contributed by atoms with van der Waals surface area (Å²) < 4.78 is 10.5. The predicted molar refractivity (Wildman–Crippen MR) is 60.9 cm³/mol. The molecule has 1 aromatic carbocycles. The van der Waals surface area contributed by atoms with Gasteiger partial charge in [0.05, 0.1) is 19.3 Å². The molecular formula is C13H16O3. The van der Waals surface area contributed by atoms with Gasteiger partial charge in [-0.15, -0.1) is 0 Å². The van der Waals surface area contributed by atoms with Crippen LogP contribution in [-0.4, -0.2) is 26.1 Å². The van der Waals surface area contributed by atoms with Gasteiger partial charge in [0.2, 0.25) is 0 Å². The van der Waals surface area contributed by atoms with E-state index in [1.54, 1.807) is 7.11 Å². The molecule has 86 valence electrons. The molecule has 1 atom stereocenters. The van der Waals surface area contributed by atoms with Gasteiger partial charge in [0.15, 0.2) is 5.78 Å². The Bertz CT molecular complexity index is 367. The summed E-state index contributed by atoms with van der Waals surface area (Å²) in [6.07, 6.45) is 1.88. The van der Waals surface area contributed by atoms with Gasteiger partial charge in [-0.3, -0.25) is 4.79 Å². The van der Waals surface area contributed by atoms with Crippen molar-refractivity contribution in [1.29, 1.82) is 0 Å². The zero-order valence-corrected chi connectivity index (χ0v) is 9.44. The predicted octanol–water partition coefficient (Wildman–Crippen LogP) is 2.30. The first-order chi connectivity index (χ1) is 7.83. The lowest BCUT2D eigenvalue weighted by atomic mass is 9.92. The fourth-order valence-electron chi connectivity index (χ4n) is 2.02. The number of Topliss-reactive ketones (excluding diaryl/α,β-unsaturated/α-hetero) is 1. The van der Waals surface area contributed by atoms with Gasteiger partial charge in [-0.1, -0.05) is 12.1 Å². The van der Waals surface area contributed by atoms with Crippen LogP contribution in [0.5, 0.6) is 5.75 Å². The molecule has 3 nitrogen and oxygen atoms in total. The molecule has 0 saturated carbocycles. The monoisotopic (exact) mass is 220 g/mol. The highest BCUT2D eigenvalue weighted by Crippen LogP contribution is 2.24. The van der Waals surface area contributed by atoms with E-state index in [0.29, 0.717) is 17.9 Å². The van der Waals surface area contributed by atoms with E-state index < -0.39 is 0 Å². The molecule has 1 unspecified atom stereocenters. The van der Waals surface area contributed by atoms with Crippen molar-refractivity contribution in [2.75, 3.05) is 20.3 Å². The lowest BCUT2D eigenvalue weighted by Crippen LogP contribution is -2.25. The summed E-state index contributed by atoms with van der Waals surface area (Å²) in [5.41, 5.74) is 0.667. The van der Waals surface area contributed by atoms with Crippen molar-refractivity contribution in [3.8, 4) is 5.75 Å². The first-order valence-corrected chi connectivity index (χ1v) is 5.58. The van der Waals surface area contributed by atoms with Crippen molar-refractivity contribution in [1.82, 2.24) is 0 Å². The third kappa shape index (κ3) is 2.25. The Labute approximate surface area is 95.4 Å². The third-order valence-electron chi connectivity index (χ3n) is 2.90. The summed E-state index contributed by atoms with van der Waals surface area (Å²) in [4.78, 5) is 12.2. The van der Waals surface area contributed by atoms with Crippen LogP contribution in [-0.2, 0) is 4.74 Å². The maximum atomic E-state index is 12.2. The Balaban J connectivity index is 2.19. The molecule has 0 amide bonds. The number of hydrogen-bond donors (Lipinski definition) is 0. The molecule has 0 aromatic heterocycles. The number of methoxy groups -OCH3 is 1. The van der Waals surface area contributed by atoms with E-state index in [0.717, 1.165) is 19.4 Å². The van der Waals surface area contributed by atoms with Gasteiger partial charge in [-0.05, 0) is 25.0 Å². The second-order valence-corrected chi connectivity index (χ2v) is 3.98. The summed E-state index contributed by atoms with van der Waals surface area (Å²) in [5.74, 6) is 0.778. The Hall–Kier alpha value is -1.35. The number of ether oxygens (including phenoxy) is 2. The van der Waals surface area contributed by atoms with E-state index in [4.69, 9.17) is 9.47 Å². The summed E-state index contributed by atoms with van der Waals surface area (Å²) in [6, 6.07) is 7.36. The van der Waals surface area contributed by atoms with Crippen LogP contribution in [0.15, 0.2) is 24.3 Å². The number of carbonyl (C=O) groups excluding carboxylic acids is 1. The summed E-state index contributed by atoms with van der Waals surface area (Å²) in [7, 11) is 1.59. The number of hydrogen-bond acceptors (Lipinski definition) is 3. The molecule has 2 rings (SSSR count). The number of ketones is 1. The third-order valence-corrected chi connectivity index (χ3v) is 2.90. The van der Waals surface area contributed by atoms with Crippen LogP contribution in [0.3, 0.4) is 0 Å². The number of rotatable bonds is 3. The minimum atomic E-state index is -0.00921. The molecule has 1 fully saturated rings. The molecule has 0 spiro atoms. The van der Waals surface area contributed by atoms with Gasteiger partial charge in [-0.25, -0.2) is 0 Å². The van der Waals surface area contributed by atoms with E-state index in [9.17, 15) is 4.79 Å². The van der Waals surface area contributed by atoms with Crippen molar-refractivity contribution in [3.63, 3.8) is 0 Å². The van der Waals surface area contributed by atoms with Gasteiger partial charge < -0.3 is 9.47 Å². The van der Waals surface area contributed by atoms with Crippen molar-refractivity contribution in [3.05, 3.63) is 29.8 Å². The molecule has 0 N–H and O–H groups in total.